The Morgan fingerprint density at radius 1 is 1.56 bits per heavy atom. The number of halogens is 1. The SMILES string of the molecule is CCn1ncc(NC(C)C2CCCC2)c(Br)c1=O. The van der Waals surface area contributed by atoms with E-state index in [1.54, 1.807) is 6.20 Å². The number of hydrogen-bond donors (Lipinski definition) is 1. The van der Waals surface area contributed by atoms with Gasteiger partial charge < -0.3 is 5.32 Å². The molecule has 18 heavy (non-hydrogen) atoms. The van der Waals surface area contributed by atoms with Crippen molar-refractivity contribution in [3.05, 3.63) is 21.0 Å². The highest BCUT2D eigenvalue weighted by Gasteiger charge is 2.22. The maximum atomic E-state index is 11.9. The summed E-state index contributed by atoms with van der Waals surface area (Å²) < 4.78 is 2.04. The second-order valence-electron chi connectivity index (χ2n) is 4.97. The predicted molar refractivity (Wildman–Crippen MR) is 76.9 cm³/mol. The first-order chi connectivity index (χ1) is 8.63. The lowest BCUT2D eigenvalue weighted by Gasteiger charge is -2.22. The fourth-order valence-corrected chi connectivity index (χ4v) is 3.03. The van der Waals surface area contributed by atoms with Crippen LogP contribution >= 0.6 is 15.9 Å². The molecule has 0 aliphatic heterocycles. The average Bonchev–Trinajstić information content (AvgIpc) is 2.89. The van der Waals surface area contributed by atoms with Crippen LogP contribution in [0.3, 0.4) is 0 Å². The van der Waals surface area contributed by atoms with Crippen LogP contribution in [0.5, 0.6) is 0 Å². The highest BCUT2D eigenvalue weighted by atomic mass is 79.9. The van der Waals surface area contributed by atoms with E-state index in [2.05, 4.69) is 33.3 Å². The number of nitrogens with one attached hydrogen (secondary N) is 1. The summed E-state index contributed by atoms with van der Waals surface area (Å²) in [6, 6.07) is 0.391. The van der Waals surface area contributed by atoms with E-state index >= 15 is 0 Å². The van der Waals surface area contributed by atoms with Gasteiger partial charge in [0.1, 0.15) is 4.47 Å². The van der Waals surface area contributed by atoms with Crippen molar-refractivity contribution in [1.82, 2.24) is 9.78 Å². The van der Waals surface area contributed by atoms with Gasteiger partial charge in [-0.2, -0.15) is 5.10 Å². The minimum Gasteiger partial charge on any atom is -0.380 e. The largest absolute Gasteiger partial charge is 0.380 e. The highest BCUT2D eigenvalue weighted by Crippen LogP contribution is 2.30. The summed E-state index contributed by atoms with van der Waals surface area (Å²) in [7, 11) is 0. The van der Waals surface area contributed by atoms with Gasteiger partial charge in [-0.1, -0.05) is 12.8 Å². The van der Waals surface area contributed by atoms with E-state index in [0.29, 0.717) is 23.0 Å². The lowest BCUT2D eigenvalue weighted by Crippen LogP contribution is -2.28. The van der Waals surface area contributed by atoms with Crippen LogP contribution in [-0.2, 0) is 6.54 Å². The van der Waals surface area contributed by atoms with Crippen LogP contribution < -0.4 is 10.9 Å². The van der Waals surface area contributed by atoms with E-state index in [1.165, 1.54) is 30.4 Å². The van der Waals surface area contributed by atoms with Gasteiger partial charge in [-0.05, 0) is 48.5 Å². The molecule has 0 saturated heterocycles. The second kappa shape index (κ2) is 5.87. The molecule has 1 atom stereocenters. The fourth-order valence-electron chi connectivity index (χ4n) is 2.61. The number of nitrogens with zero attached hydrogens (tertiary/aromatic N) is 2. The fraction of sp³-hybridized carbons (Fsp3) is 0.692. The molecule has 1 aliphatic rings. The van der Waals surface area contributed by atoms with E-state index < -0.39 is 0 Å². The molecule has 1 fully saturated rings. The molecule has 1 aromatic rings. The summed E-state index contributed by atoms with van der Waals surface area (Å²) in [5.74, 6) is 0.713. The van der Waals surface area contributed by atoms with Crippen molar-refractivity contribution in [1.29, 1.82) is 0 Å². The summed E-state index contributed by atoms with van der Waals surface area (Å²) in [5, 5.41) is 7.57. The first-order valence-corrected chi connectivity index (χ1v) is 7.45. The Morgan fingerprint density at radius 3 is 2.83 bits per heavy atom. The molecule has 2 rings (SSSR count). The maximum Gasteiger partial charge on any atom is 0.283 e. The molecule has 1 aliphatic carbocycles. The third-order valence-electron chi connectivity index (χ3n) is 3.77. The van der Waals surface area contributed by atoms with Gasteiger partial charge in [-0.25, -0.2) is 4.68 Å². The van der Waals surface area contributed by atoms with Crippen molar-refractivity contribution in [2.45, 2.75) is 52.1 Å². The summed E-state index contributed by atoms with van der Waals surface area (Å²) in [5.41, 5.74) is 0.741. The quantitative estimate of drug-likeness (QED) is 0.929. The van der Waals surface area contributed by atoms with Gasteiger partial charge in [-0.15, -0.1) is 0 Å². The molecule has 0 radical (unpaired) electrons. The third-order valence-corrected chi connectivity index (χ3v) is 4.54. The van der Waals surface area contributed by atoms with Crippen LogP contribution in [0.15, 0.2) is 15.5 Å². The molecule has 4 nitrogen and oxygen atoms in total. The van der Waals surface area contributed by atoms with Crippen LogP contribution in [-0.4, -0.2) is 15.8 Å². The Bertz CT molecular complexity index is 466. The Labute approximate surface area is 116 Å². The van der Waals surface area contributed by atoms with Crippen LogP contribution in [0.4, 0.5) is 5.69 Å². The van der Waals surface area contributed by atoms with Crippen LogP contribution in [0.2, 0.25) is 0 Å². The molecule has 0 amide bonds. The Kier molecular flexibility index (Phi) is 4.43. The van der Waals surface area contributed by atoms with Crippen LogP contribution in [0.1, 0.15) is 39.5 Å². The summed E-state index contributed by atoms with van der Waals surface area (Å²) in [6.07, 6.45) is 6.96. The van der Waals surface area contributed by atoms with Crippen molar-refractivity contribution < 1.29 is 0 Å². The van der Waals surface area contributed by atoms with Crippen molar-refractivity contribution in [2.75, 3.05) is 5.32 Å². The standard InChI is InChI=1S/C13H20BrN3O/c1-3-17-13(18)12(14)11(8-15-17)16-9(2)10-6-4-5-7-10/h8-10,16H,3-7H2,1-2H3. The minimum atomic E-state index is -0.0684. The predicted octanol–water partition coefficient (Wildman–Crippen LogP) is 3.02. The lowest BCUT2D eigenvalue weighted by atomic mass is 10.00. The maximum absolute atomic E-state index is 11.9. The zero-order valence-corrected chi connectivity index (χ0v) is 12.5. The summed E-state index contributed by atoms with van der Waals surface area (Å²) in [6.45, 7) is 4.69. The van der Waals surface area contributed by atoms with E-state index in [9.17, 15) is 4.79 Å². The highest BCUT2D eigenvalue weighted by molar-refractivity contribution is 9.10. The lowest BCUT2D eigenvalue weighted by molar-refractivity contribution is 0.481. The molecule has 1 unspecified atom stereocenters. The summed E-state index contributed by atoms with van der Waals surface area (Å²) in [4.78, 5) is 11.9. The molecule has 5 heteroatoms. The van der Waals surface area contributed by atoms with Crippen LogP contribution in [0, 0.1) is 5.92 Å². The zero-order chi connectivity index (χ0) is 13.1. The average molecular weight is 314 g/mol. The van der Waals surface area contributed by atoms with Crippen LogP contribution in [0.25, 0.3) is 0 Å². The number of aromatic nitrogens is 2. The van der Waals surface area contributed by atoms with Gasteiger partial charge in [0.2, 0.25) is 0 Å². The van der Waals surface area contributed by atoms with E-state index in [-0.39, 0.29) is 5.56 Å². The minimum absolute atomic E-state index is 0.0684. The molecule has 0 bridgehead atoms. The van der Waals surface area contributed by atoms with E-state index in [0.717, 1.165) is 5.69 Å². The smallest absolute Gasteiger partial charge is 0.283 e. The van der Waals surface area contributed by atoms with Crippen molar-refractivity contribution in [3.8, 4) is 0 Å². The normalized spacial score (nSPS) is 17.9. The van der Waals surface area contributed by atoms with Gasteiger partial charge in [0, 0.05) is 12.6 Å². The Balaban J connectivity index is 2.14. The number of hydrogen-bond acceptors (Lipinski definition) is 3. The molecule has 0 spiro atoms. The molecule has 1 saturated carbocycles. The van der Waals surface area contributed by atoms with Crippen molar-refractivity contribution in [2.24, 2.45) is 5.92 Å². The topological polar surface area (TPSA) is 46.9 Å². The van der Waals surface area contributed by atoms with Gasteiger partial charge >= 0.3 is 0 Å². The molecule has 1 heterocycles. The number of rotatable bonds is 4. The first-order valence-electron chi connectivity index (χ1n) is 6.65. The van der Waals surface area contributed by atoms with Crippen molar-refractivity contribution in [3.63, 3.8) is 0 Å². The molecule has 1 aromatic heterocycles. The molecular weight excluding hydrogens is 294 g/mol. The second-order valence-corrected chi connectivity index (χ2v) is 5.76. The number of anilines is 1. The number of aryl methyl sites for hydroxylation is 1. The monoisotopic (exact) mass is 313 g/mol. The van der Waals surface area contributed by atoms with Crippen molar-refractivity contribution >= 4 is 21.6 Å². The molecule has 0 aromatic carbocycles. The zero-order valence-electron chi connectivity index (χ0n) is 10.9. The van der Waals surface area contributed by atoms with Gasteiger partial charge in [0.25, 0.3) is 5.56 Å². The molecular formula is C13H20BrN3O. The molecule has 1 N–H and O–H groups in total. The van der Waals surface area contributed by atoms with Gasteiger partial charge in [-0.3, -0.25) is 4.79 Å². The Hall–Kier alpha value is -0.840. The van der Waals surface area contributed by atoms with Gasteiger partial charge in [0.15, 0.2) is 0 Å². The molecule has 100 valence electrons. The van der Waals surface area contributed by atoms with Gasteiger partial charge in [0.05, 0.1) is 11.9 Å². The Morgan fingerprint density at radius 2 is 2.22 bits per heavy atom. The summed E-state index contributed by atoms with van der Waals surface area (Å²) >= 11 is 3.37. The van der Waals surface area contributed by atoms with E-state index in [1.807, 2.05) is 6.92 Å². The van der Waals surface area contributed by atoms with E-state index in [4.69, 9.17) is 0 Å². The third kappa shape index (κ3) is 2.76. The first kappa shape index (κ1) is 13.6.